The normalized spacial score (nSPS) is 20.8. The standard InChI is InChI=1S/C10H13FN4O/c11-7-2-1-3-14-10(7)15-4-5-16-8(6-15)9(12)13/h1-3,8H,4-6H2,(H3,12,13). The largest absolute Gasteiger partial charge is 0.385 e. The molecule has 16 heavy (non-hydrogen) atoms. The fraction of sp³-hybridized carbons (Fsp3) is 0.400. The first kappa shape index (κ1) is 10.8. The summed E-state index contributed by atoms with van der Waals surface area (Å²) >= 11 is 0. The molecule has 0 amide bonds. The van der Waals surface area contributed by atoms with Gasteiger partial charge >= 0.3 is 0 Å². The van der Waals surface area contributed by atoms with Gasteiger partial charge in [0.15, 0.2) is 11.6 Å². The molecule has 0 saturated carbocycles. The van der Waals surface area contributed by atoms with Gasteiger partial charge in [-0.2, -0.15) is 0 Å². The number of rotatable bonds is 2. The Morgan fingerprint density at radius 2 is 2.50 bits per heavy atom. The lowest BCUT2D eigenvalue weighted by atomic mass is 10.2. The van der Waals surface area contributed by atoms with Crippen molar-refractivity contribution >= 4 is 11.7 Å². The molecule has 1 atom stereocenters. The summed E-state index contributed by atoms with van der Waals surface area (Å²) in [7, 11) is 0. The zero-order valence-electron chi connectivity index (χ0n) is 8.69. The van der Waals surface area contributed by atoms with E-state index in [1.807, 2.05) is 0 Å². The van der Waals surface area contributed by atoms with Crippen molar-refractivity contribution in [2.24, 2.45) is 5.73 Å². The van der Waals surface area contributed by atoms with E-state index in [9.17, 15) is 4.39 Å². The molecule has 0 bridgehead atoms. The number of morpholine rings is 1. The Hall–Kier alpha value is -1.69. The van der Waals surface area contributed by atoms with E-state index in [2.05, 4.69) is 4.98 Å². The Kier molecular flexibility index (Phi) is 3.00. The Morgan fingerprint density at radius 3 is 3.19 bits per heavy atom. The van der Waals surface area contributed by atoms with Gasteiger partial charge in [-0.3, -0.25) is 5.41 Å². The van der Waals surface area contributed by atoms with Gasteiger partial charge in [-0.15, -0.1) is 0 Å². The van der Waals surface area contributed by atoms with Crippen LogP contribution in [0.4, 0.5) is 10.2 Å². The third-order valence-electron chi connectivity index (χ3n) is 2.45. The average molecular weight is 224 g/mol. The lowest BCUT2D eigenvalue weighted by Gasteiger charge is -2.33. The summed E-state index contributed by atoms with van der Waals surface area (Å²) in [6, 6.07) is 2.91. The SMILES string of the molecule is N=C(N)C1CN(c2ncccc2F)CCO1. The molecule has 2 heterocycles. The maximum Gasteiger partial charge on any atom is 0.165 e. The second kappa shape index (κ2) is 4.44. The highest BCUT2D eigenvalue weighted by Gasteiger charge is 2.24. The van der Waals surface area contributed by atoms with Gasteiger partial charge in [0.2, 0.25) is 0 Å². The van der Waals surface area contributed by atoms with Gasteiger partial charge in [-0.05, 0) is 12.1 Å². The molecule has 1 saturated heterocycles. The molecule has 1 aromatic rings. The van der Waals surface area contributed by atoms with E-state index in [1.54, 1.807) is 11.0 Å². The summed E-state index contributed by atoms with van der Waals surface area (Å²) in [5.41, 5.74) is 5.36. The van der Waals surface area contributed by atoms with Crippen LogP contribution in [-0.4, -0.2) is 36.6 Å². The van der Waals surface area contributed by atoms with Crippen molar-refractivity contribution in [1.82, 2.24) is 4.98 Å². The van der Waals surface area contributed by atoms with Crippen molar-refractivity contribution in [3.05, 3.63) is 24.1 Å². The maximum absolute atomic E-state index is 13.5. The van der Waals surface area contributed by atoms with Gasteiger partial charge in [-0.25, -0.2) is 9.37 Å². The van der Waals surface area contributed by atoms with Crippen LogP contribution in [0, 0.1) is 11.2 Å². The minimum atomic E-state index is -0.477. The van der Waals surface area contributed by atoms with Crippen LogP contribution in [0.15, 0.2) is 18.3 Å². The Morgan fingerprint density at radius 1 is 1.69 bits per heavy atom. The molecular formula is C10H13FN4O. The van der Waals surface area contributed by atoms with Crippen molar-refractivity contribution in [2.75, 3.05) is 24.6 Å². The first-order valence-electron chi connectivity index (χ1n) is 4.99. The number of nitrogens with zero attached hydrogens (tertiary/aromatic N) is 2. The van der Waals surface area contributed by atoms with Crippen LogP contribution < -0.4 is 10.6 Å². The number of anilines is 1. The lowest BCUT2D eigenvalue weighted by molar-refractivity contribution is 0.0820. The van der Waals surface area contributed by atoms with Gasteiger partial charge < -0.3 is 15.4 Å². The number of halogens is 1. The van der Waals surface area contributed by atoms with E-state index in [-0.39, 0.29) is 17.5 Å². The van der Waals surface area contributed by atoms with Crippen LogP contribution in [0.3, 0.4) is 0 Å². The lowest BCUT2D eigenvalue weighted by Crippen LogP contribution is -2.48. The zero-order chi connectivity index (χ0) is 11.5. The quantitative estimate of drug-likeness (QED) is 0.562. The zero-order valence-corrected chi connectivity index (χ0v) is 8.69. The van der Waals surface area contributed by atoms with E-state index in [4.69, 9.17) is 15.9 Å². The molecule has 0 aliphatic carbocycles. The molecule has 6 heteroatoms. The van der Waals surface area contributed by atoms with E-state index < -0.39 is 6.10 Å². The van der Waals surface area contributed by atoms with Crippen molar-refractivity contribution in [3.8, 4) is 0 Å². The van der Waals surface area contributed by atoms with Crippen LogP contribution in [0.2, 0.25) is 0 Å². The number of nitrogens with two attached hydrogens (primary N) is 1. The summed E-state index contributed by atoms with van der Waals surface area (Å²) in [6.07, 6.45) is 1.06. The minimum absolute atomic E-state index is 0.0407. The monoisotopic (exact) mass is 224 g/mol. The molecule has 1 unspecified atom stereocenters. The third-order valence-corrected chi connectivity index (χ3v) is 2.45. The number of hydrogen-bond donors (Lipinski definition) is 2. The Labute approximate surface area is 92.5 Å². The van der Waals surface area contributed by atoms with E-state index in [1.165, 1.54) is 12.3 Å². The molecule has 1 aliphatic heterocycles. The molecule has 0 spiro atoms. The second-order valence-corrected chi connectivity index (χ2v) is 3.57. The fourth-order valence-electron chi connectivity index (χ4n) is 1.64. The molecule has 1 fully saturated rings. The summed E-state index contributed by atoms with van der Waals surface area (Å²) in [5, 5.41) is 7.31. The summed E-state index contributed by atoms with van der Waals surface area (Å²) in [5.74, 6) is -0.121. The van der Waals surface area contributed by atoms with Gasteiger partial charge in [0, 0.05) is 12.7 Å². The molecule has 5 nitrogen and oxygen atoms in total. The molecule has 1 aliphatic rings. The van der Waals surface area contributed by atoms with Crippen LogP contribution in [-0.2, 0) is 4.74 Å². The Balaban J connectivity index is 2.16. The summed E-state index contributed by atoms with van der Waals surface area (Å²) < 4.78 is 18.8. The summed E-state index contributed by atoms with van der Waals surface area (Å²) in [6.45, 7) is 1.33. The first-order valence-corrected chi connectivity index (χ1v) is 4.99. The van der Waals surface area contributed by atoms with Crippen LogP contribution in [0.1, 0.15) is 0 Å². The average Bonchev–Trinajstić information content (AvgIpc) is 2.30. The second-order valence-electron chi connectivity index (χ2n) is 3.57. The smallest absolute Gasteiger partial charge is 0.165 e. The highest BCUT2D eigenvalue weighted by Crippen LogP contribution is 2.18. The van der Waals surface area contributed by atoms with Crippen LogP contribution in [0.5, 0.6) is 0 Å². The topological polar surface area (TPSA) is 75.2 Å². The van der Waals surface area contributed by atoms with Gasteiger partial charge in [0.25, 0.3) is 0 Å². The number of amidine groups is 1. The van der Waals surface area contributed by atoms with Gasteiger partial charge in [-0.1, -0.05) is 0 Å². The molecule has 86 valence electrons. The van der Waals surface area contributed by atoms with E-state index in [0.29, 0.717) is 19.7 Å². The maximum atomic E-state index is 13.5. The third kappa shape index (κ3) is 2.11. The first-order chi connectivity index (χ1) is 7.68. The molecule has 0 radical (unpaired) electrons. The fourth-order valence-corrected chi connectivity index (χ4v) is 1.64. The van der Waals surface area contributed by atoms with Crippen LogP contribution >= 0.6 is 0 Å². The van der Waals surface area contributed by atoms with Crippen molar-refractivity contribution in [1.29, 1.82) is 5.41 Å². The van der Waals surface area contributed by atoms with Crippen molar-refractivity contribution < 1.29 is 9.13 Å². The number of pyridine rings is 1. The number of hydrogen-bond acceptors (Lipinski definition) is 4. The Bertz CT molecular complexity index is 398. The van der Waals surface area contributed by atoms with Crippen molar-refractivity contribution in [2.45, 2.75) is 6.10 Å². The molecule has 3 N–H and O–H groups in total. The predicted octanol–water partition coefficient (Wildman–Crippen LogP) is 0.362. The minimum Gasteiger partial charge on any atom is -0.385 e. The van der Waals surface area contributed by atoms with E-state index >= 15 is 0 Å². The molecular weight excluding hydrogens is 211 g/mol. The van der Waals surface area contributed by atoms with Gasteiger partial charge in [0.05, 0.1) is 13.2 Å². The predicted molar refractivity (Wildman–Crippen MR) is 58.1 cm³/mol. The van der Waals surface area contributed by atoms with Gasteiger partial charge in [0.1, 0.15) is 11.9 Å². The molecule has 2 rings (SSSR count). The van der Waals surface area contributed by atoms with Crippen molar-refractivity contribution in [3.63, 3.8) is 0 Å². The number of ether oxygens (including phenoxy) is 1. The molecule has 0 aromatic carbocycles. The summed E-state index contributed by atoms with van der Waals surface area (Å²) in [4.78, 5) is 5.72. The van der Waals surface area contributed by atoms with E-state index in [0.717, 1.165) is 0 Å². The van der Waals surface area contributed by atoms with Crippen LogP contribution in [0.25, 0.3) is 0 Å². The number of aromatic nitrogens is 1. The highest BCUT2D eigenvalue weighted by molar-refractivity contribution is 5.82. The molecule has 1 aromatic heterocycles. The number of nitrogens with one attached hydrogen (secondary N) is 1. The highest BCUT2D eigenvalue weighted by atomic mass is 19.1.